The Hall–Kier alpha value is -1.49. The molecule has 0 amide bonds. The third-order valence-electron chi connectivity index (χ3n) is 3.78. The number of hydrogen-bond donors (Lipinski definition) is 1. The number of anilines is 1. The van der Waals surface area contributed by atoms with E-state index in [1.54, 1.807) is 0 Å². The highest BCUT2D eigenvalue weighted by molar-refractivity contribution is 9.10. The SMILES string of the molecule is Cc1ccc(-c2nc(N)c(Br)c(C3CCCC3)n2)nc1. The third kappa shape index (κ3) is 2.54. The Morgan fingerprint density at radius 2 is 1.95 bits per heavy atom. The summed E-state index contributed by atoms with van der Waals surface area (Å²) in [4.78, 5) is 13.5. The molecule has 5 heteroatoms. The first kappa shape index (κ1) is 13.5. The molecule has 1 aliphatic rings. The van der Waals surface area contributed by atoms with Crippen LogP contribution < -0.4 is 5.73 Å². The molecule has 104 valence electrons. The summed E-state index contributed by atoms with van der Waals surface area (Å²) in [5.41, 5.74) is 8.96. The highest BCUT2D eigenvalue weighted by atomic mass is 79.9. The van der Waals surface area contributed by atoms with Crippen molar-refractivity contribution in [3.8, 4) is 11.5 Å². The van der Waals surface area contributed by atoms with E-state index in [0.29, 0.717) is 17.6 Å². The van der Waals surface area contributed by atoms with Gasteiger partial charge in [-0.1, -0.05) is 18.9 Å². The van der Waals surface area contributed by atoms with E-state index in [1.165, 1.54) is 25.7 Å². The molecule has 0 aliphatic heterocycles. The van der Waals surface area contributed by atoms with Gasteiger partial charge in [-0.05, 0) is 47.3 Å². The quantitative estimate of drug-likeness (QED) is 0.907. The van der Waals surface area contributed by atoms with Crippen LogP contribution in [0.5, 0.6) is 0 Å². The summed E-state index contributed by atoms with van der Waals surface area (Å²) in [6.45, 7) is 2.01. The smallest absolute Gasteiger partial charge is 0.180 e. The van der Waals surface area contributed by atoms with Gasteiger partial charge in [0.15, 0.2) is 5.82 Å². The van der Waals surface area contributed by atoms with E-state index in [1.807, 2.05) is 25.3 Å². The minimum atomic E-state index is 0.485. The molecular formula is C15H17BrN4. The predicted octanol–water partition coefficient (Wildman–Crippen LogP) is 3.85. The first-order chi connectivity index (χ1) is 9.65. The molecule has 4 nitrogen and oxygen atoms in total. The van der Waals surface area contributed by atoms with Crippen LogP contribution in [0, 0.1) is 6.92 Å². The van der Waals surface area contributed by atoms with Crippen molar-refractivity contribution in [2.45, 2.75) is 38.5 Å². The average molecular weight is 333 g/mol. The van der Waals surface area contributed by atoms with Crippen molar-refractivity contribution >= 4 is 21.7 Å². The van der Waals surface area contributed by atoms with Crippen molar-refractivity contribution in [2.75, 3.05) is 5.73 Å². The van der Waals surface area contributed by atoms with Gasteiger partial charge in [0.2, 0.25) is 0 Å². The maximum absolute atomic E-state index is 6.03. The van der Waals surface area contributed by atoms with Gasteiger partial charge in [0.05, 0.1) is 10.2 Å². The molecule has 3 rings (SSSR count). The summed E-state index contributed by atoms with van der Waals surface area (Å²) in [5, 5.41) is 0. The molecule has 2 aromatic heterocycles. The van der Waals surface area contributed by atoms with Crippen molar-refractivity contribution in [2.24, 2.45) is 0 Å². The summed E-state index contributed by atoms with van der Waals surface area (Å²) in [5.74, 6) is 1.60. The summed E-state index contributed by atoms with van der Waals surface area (Å²) in [6, 6.07) is 3.95. The van der Waals surface area contributed by atoms with Crippen molar-refractivity contribution in [3.05, 3.63) is 34.1 Å². The Bertz CT molecular complexity index is 619. The summed E-state index contributed by atoms with van der Waals surface area (Å²) in [7, 11) is 0. The monoisotopic (exact) mass is 332 g/mol. The molecule has 1 aliphatic carbocycles. The molecule has 0 atom stereocenters. The van der Waals surface area contributed by atoms with Crippen LogP contribution in [0.15, 0.2) is 22.8 Å². The maximum Gasteiger partial charge on any atom is 0.180 e. The standard InChI is InChI=1S/C15H17BrN4/c1-9-6-7-11(18-8-9)15-19-13(10-4-2-3-5-10)12(16)14(17)20-15/h6-8,10H,2-5H2,1H3,(H2,17,19,20). The second-order valence-electron chi connectivity index (χ2n) is 5.33. The molecule has 2 aromatic rings. The average Bonchev–Trinajstić information content (AvgIpc) is 2.96. The number of aromatic nitrogens is 3. The van der Waals surface area contributed by atoms with Crippen molar-refractivity contribution in [1.29, 1.82) is 0 Å². The lowest BCUT2D eigenvalue weighted by atomic mass is 10.0. The summed E-state index contributed by atoms with van der Waals surface area (Å²) in [6.07, 6.45) is 6.70. The van der Waals surface area contributed by atoms with Crippen molar-refractivity contribution in [3.63, 3.8) is 0 Å². The van der Waals surface area contributed by atoms with Gasteiger partial charge in [-0.2, -0.15) is 0 Å². The first-order valence-corrected chi connectivity index (χ1v) is 7.70. The molecule has 2 heterocycles. The molecular weight excluding hydrogens is 316 g/mol. The largest absolute Gasteiger partial charge is 0.383 e. The van der Waals surface area contributed by atoms with Gasteiger partial charge in [-0.15, -0.1) is 0 Å². The van der Waals surface area contributed by atoms with Crippen molar-refractivity contribution < 1.29 is 0 Å². The molecule has 2 N–H and O–H groups in total. The van der Waals surface area contributed by atoms with Gasteiger partial charge in [0.25, 0.3) is 0 Å². The van der Waals surface area contributed by atoms with Gasteiger partial charge in [0, 0.05) is 12.1 Å². The highest BCUT2D eigenvalue weighted by Crippen LogP contribution is 2.38. The molecule has 0 radical (unpaired) electrons. The fourth-order valence-corrected chi connectivity index (χ4v) is 3.17. The van der Waals surface area contributed by atoms with Gasteiger partial charge in [-0.25, -0.2) is 9.97 Å². The van der Waals surface area contributed by atoms with E-state index in [9.17, 15) is 0 Å². The van der Waals surface area contributed by atoms with E-state index >= 15 is 0 Å². The summed E-state index contributed by atoms with van der Waals surface area (Å²) >= 11 is 3.54. The van der Waals surface area contributed by atoms with Crippen LogP contribution in [-0.4, -0.2) is 15.0 Å². The topological polar surface area (TPSA) is 64.7 Å². The Morgan fingerprint density at radius 3 is 2.60 bits per heavy atom. The van der Waals surface area contributed by atoms with Crippen LogP contribution in [0.3, 0.4) is 0 Å². The summed E-state index contributed by atoms with van der Waals surface area (Å²) < 4.78 is 0.847. The molecule has 0 bridgehead atoms. The van der Waals surface area contributed by atoms with E-state index in [0.717, 1.165) is 21.4 Å². The van der Waals surface area contributed by atoms with Gasteiger partial charge >= 0.3 is 0 Å². The van der Waals surface area contributed by atoms with Crippen molar-refractivity contribution in [1.82, 2.24) is 15.0 Å². The molecule has 0 saturated heterocycles. The Labute approximate surface area is 127 Å². The first-order valence-electron chi connectivity index (χ1n) is 6.91. The Morgan fingerprint density at radius 1 is 1.20 bits per heavy atom. The Balaban J connectivity index is 2.05. The van der Waals surface area contributed by atoms with E-state index in [4.69, 9.17) is 10.7 Å². The second kappa shape index (κ2) is 5.48. The molecule has 0 spiro atoms. The molecule has 20 heavy (non-hydrogen) atoms. The minimum absolute atomic E-state index is 0.485. The molecule has 1 fully saturated rings. The van der Waals surface area contributed by atoms with Crippen LogP contribution in [0.1, 0.15) is 42.9 Å². The number of nitrogen functional groups attached to an aromatic ring is 1. The third-order valence-corrected chi connectivity index (χ3v) is 4.60. The number of pyridine rings is 1. The number of aryl methyl sites for hydroxylation is 1. The number of rotatable bonds is 2. The van der Waals surface area contributed by atoms with Gasteiger partial charge in [0.1, 0.15) is 11.5 Å². The van der Waals surface area contributed by atoms with E-state index in [2.05, 4.69) is 25.9 Å². The van der Waals surface area contributed by atoms with Crippen LogP contribution >= 0.6 is 15.9 Å². The Kier molecular flexibility index (Phi) is 3.70. The van der Waals surface area contributed by atoms with Crippen LogP contribution in [0.4, 0.5) is 5.82 Å². The fourth-order valence-electron chi connectivity index (χ4n) is 2.67. The van der Waals surface area contributed by atoms with E-state index in [-0.39, 0.29) is 0 Å². The predicted molar refractivity (Wildman–Crippen MR) is 83.3 cm³/mol. The number of nitrogens with two attached hydrogens (primary N) is 1. The normalized spacial score (nSPS) is 15.7. The lowest BCUT2D eigenvalue weighted by Crippen LogP contribution is -2.06. The maximum atomic E-state index is 6.03. The lowest BCUT2D eigenvalue weighted by molar-refractivity contribution is 0.691. The number of halogens is 1. The van der Waals surface area contributed by atoms with Gasteiger partial charge < -0.3 is 5.73 Å². The molecule has 1 saturated carbocycles. The van der Waals surface area contributed by atoms with Crippen LogP contribution in [0.2, 0.25) is 0 Å². The zero-order valence-electron chi connectivity index (χ0n) is 11.4. The molecule has 0 unspecified atom stereocenters. The second-order valence-corrected chi connectivity index (χ2v) is 6.13. The lowest BCUT2D eigenvalue weighted by Gasteiger charge is -2.13. The highest BCUT2D eigenvalue weighted by Gasteiger charge is 2.23. The zero-order chi connectivity index (χ0) is 14.1. The number of nitrogens with zero attached hydrogens (tertiary/aromatic N) is 3. The fraction of sp³-hybridized carbons (Fsp3) is 0.400. The molecule has 0 aromatic carbocycles. The van der Waals surface area contributed by atoms with Crippen LogP contribution in [-0.2, 0) is 0 Å². The van der Waals surface area contributed by atoms with Gasteiger partial charge in [-0.3, -0.25) is 4.98 Å². The van der Waals surface area contributed by atoms with E-state index < -0.39 is 0 Å². The number of hydrogen-bond acceptors (Lipinski definition) is 4. The minimum Gasteiger partial charge on any atom is -0.383 e. The zero-order valence-corrected chi connectivity index (χ0v) is 13.0. The van der Waals surface area contributed by atoms with Crippen LogP contribution in [0.25, 0.3) is 11.5 Å².